The second-order valence-electron chi connectivity index (χ2n) is 7.79. The predicted molar refractivity (Wildman–Crippen MR) is 110 cm³/mol. The minimum Gasteiger partial charge on any atom is -0.493 e. The molecule has 26 heavy (non-hydrogen) atoms. The zero-order valence-electron chi connectivity index (χ0n) is 16.6. The van der Waals surface area contributed by atoms with Crippen LogP contribution in [0.5, 0.6) is 5.75 Å². The van der Waals surface area contributed by atoms with Crippen molar-refractivity contribution in [1.82, 2.24) is 4.98 Å². The smallest absolute Gasteiger partial charge is 0.127 e. The summed E-state index contributed by atoms with van der Waals surface area (Å²) in [6, 6.07) is 10.6. The number of para-hydroxylation sites is 1. The number of pyridine rings is 1. The fourth-order valence-electron chi connectivity index (χ4n) is 4.39. The molecule has 0 bridgehead atoms. The lowest BCUT2D eigenvalue weighted by atomic mass is 9.73. The van der Waals surface area contributed by atoms with Crippen molar-refractivity contribution in [2.24, 2.45) is 11.8 Å². The van der Waals surface area contributed by atoms with E-state index >= 15 is 0 Å². The molecule has 2 nitrogen and oxygen atoms in total. The van der Waals surface area contributed by atoms with Crippen molar-refractivity contribution in [3.63, 3.8) is 0 Å². The van der Waals surface area contributed by atoms with Crippen molar-refractivity contribution in [3.8, 4) is 16.9 Å². The van der Waals surface area contributed by atoms with E-state index in [1.54, 1.807) is 0 Å². The van der Waals surface area contributed by atoms with Gasteiger partial charge in [-0.3, -0.25) is 4.98 Å². The maximum atomic E-state index is 6.03. The van der Waals surface area contributed by atoms with Gasteiger partial charge in [0.1, 0.15) is 5.75 Å². The molecule has 0 radical (unpaired) electrons. The summed E-state index contributed by atoms with van der Waals surface area (Å²) in [6.07, 6.45) is 11.8. The zero-order chi connectivity index (χ0) is 18.4. The topological polar surface area (TPSA) is 22.1 Å². The molecular weight excluding hydrogens is 318 g/mol. The average molecular weight is 352 g/mol. The van der Waals surface area contributed by atoms with Gasteiger partial charge >= 0.3 is 0 Å². The lowest BCUT2D eigenvalue weighted by Gasteiger charge is -2.33. The summed E-state index contributed by atoms with van der Waals surface area (Å²) in [7, 11) is 0. The molecule has 1 aromatic carbocycles. The van der Waals surface area contributed by atoms with E-state index in [1.165, 1.54) is 48.8 Å². The molecule has 140 valence electrons. The normalized spacial score (nSPS) is 21.3. The molecule has 1 aliphatic rings. The summed E-state index contributed by atoms with van der Waals surface area (Å²) in [6.45, 7) is 7.64. The van der Waals surface area contributed by atoms with Gasteiger partial charge in [0.25, 0.3) is 0 Å². The van der Waals surface area contributed by atoms with E-state index in [0.717, 1.165) is 30.6 Å². The summed E-state index contributed by atoms with van der Waals surface area (Å²) >= 11 is 0. The quantitative estimate of drug-likeness (QED) is 0.544. The Labute approximate surface area is 159 Å². The number of hydrogen-bond donors (Lipinski definition) is 0. The first-order chi connectivity index (χ1) is 12.7. The highest BCUT2D eigenvalue weighted by atomic mass is 16.5. The fourth-order valence-corrected chi connectivity index (χ4v) is 4.39. The SMILES string of the molecule is CCCOc1ccccc1-c1ccncc1C(C)C1CCC(CC)CC1. The highest BCUT2D eigenvalue weighted by molar-refractivity contribution is 5.73. The van der Waals surface area contributed by atoms with Gasteiger partial charge in [0.15, 0.2) is 0 Å². The number of nitrogens with zero attached hydrogens (tertiary/aromatic N) is 1. The Bertz CT molecular complexity index is 688. The van der Waals surface area contributed by atoms with Gasteiger partial charge in [0, 0.05) is 18.0 Å². The van der Waals surface area contributed by atoms with Crippen LogP contribution in [0.4, 0.5) is 0 Å². The highest BCUT2D eigenvalue weighted by Crippen LogP contribution is 2.42. The molecule has 0 spiro atoms. The molecule has 0 aliphatic heterocycles. The van der Waals surface area contributed by atoms with Crippen LogP contribution in [0.25, 0.3) is 11.1 Å². The Morgan fingerprint density at radius 2 is 1.81 bits per heavy atom. The summed E-state index contributed by atoms with van der Waals surface area (Å²) in [5, 5.41) is 0. The summed E-state index contributed by atoms with van der Waals surface area (Å²) in [5.74, 6) is 3.24. The van der Waals surface area contributed by atoms with E-state index in [0.29, 0.717) is 5.92 Å². The molecule has 0 saturated heterocycles. The van der Waals surface area contributed by atoms with Crippen LogP contribution >= 0.6 is 0 Å². The first-order valence-electron chi connectivity index (χ1n) is 10.4. The number of benzene rings is 1. The monoisotopic (exact) mass is 351 g/mol. The molecule has 1 saturated carbocycles. The van der Waals surface area contributed by atoms with Gasteiger partial charge in [-0.05, 0) is 60.3 Å². The third kappa shape index (κ3) is 4.28. The van der Waals surface area contributed by atoms with Crippen LogP contribution in [0.15, 0.2) is 42.7 Å². The molecule has 1 heterocycles. The lowest BCUT2D eigenvalue weighted by molar-refractivity contribution is 0.244. The molecule has 0 N–H and O–H groups in total. The van der Waals surface area contributed by atoms with Gasteiger partial charge in [0.05, 0.1) is 6.61 Å². The summed E-state index contributed by atoms with van der Waals surface area (Å²) < 4.78 is 6.03. The van der Waals surface area contributed by atoms with Crippen LogP contribution in [0, 0.1) is 11.8 Å². The van der Waals surface area contributed by atoms with Gasteiger partial charge in [-0.25, -0.2) is 0 Å². The molecule has 1 atom stereocenters. The largest absolute Gasteiger partial charge is 0.493 e. The Morgan fingerprint density at radius 3 is 2.54 bits per heavy atom. The third-order valence-electron chi connectivity index (χ3n) is 6.16. The number of ether oxygens (including phenoxy) is 1. The van der Waals surface area contributed by atoms with Crippen LogP contribution < -0.4 is 4.74 Å². The Hall–Kier alpha value is -1.83. The van der Waals surface area contributed by atoms with Gasteiger partial charge in [-0.2, -0.15) is 0 Å². The van der Waals surface area contributed by atoms with Crippen LogP contribution in [0.3, 0.4) is 0 Å². The molecule has 2 aromatic rings. The molecule has 0 amide bonds. The second kappa shape index (κ2) is 9.21. The van der Waals surface area contributed by atoms with E-state index in [1.807, 2.05) is 6.20 Å². The maximum Gasteiger partial charge on any atom is 0.127 e. The van der Waals surface area contributed by atoms with Gasteiger partial charge in [0.2, 0.25) is 0 Å². The van der Waals surface area contributed by atoms with Gasteiger partial charge in [-0.1, -0.05) is 58.2 Å². The minimum absolute atomic E-state index is 0.538. The van der Waals surface area contributed by atoms with Crippen LogP contribution in [0.1, 0.15) is 70.8 Å². The van der Waals surface area contributed by atoms with E-state index in [-0.39, 0.29) is 0 Å². The molecule has 3 rings (SSSR count). The van der Waals surface area contributed by atoms with Crippen molar-refractivity contribution < 1.29 is 4.74 Å². The molecule has 1 aromatic heterocycles. The molecule has 2 heteroatoms. The molecule has 1 fully saturated rings. The van der Waals surface area contributed by atoms with Gasteiger partial charge in [-0.15, -0.1) is 0 Å². The Balaban J connectivity index is 1.87. The number of aromatic nitrogens is 1. The predicted octanol–water partition coefficient (Wildman–Crippen LogP) is 6.86. The van der Waals surface area contributed by atoms with E-state index in [2.05, 4.69) is 62.3 Å². The summed E-state index contributed by atoms with van der Waals surface area (Å²) in [4.78, 5) is 4.47. The van der Waals surface area contributed by atoms with Crippen LogP contribution in [0.2, 0.25) is 0 Å². The van der Waals surface area contributed by atoms with Crippen molar-refractivity contribution in [2.75, 3.05) is 6.61 Å². The van der Waals surface area contributed by atoms with E-state index in [4.69, 9.17) is 4.74 Å². The molecule has 1 aliphatic carbocycles. The molecule has 1 unspecified atom stereocenters. The van der Waals surface area contributed by atoms with Gasteiger partial charge < -0.3 is 4.74 Å². The van der Waals surface area contributed by atoms with Crippen molar-refractivity contribution in [2.45, 2.75) is 65.2 Å². The first kappa shape index (κ1) is 18.9. The van der Waals surface area contributed by atoms with Crippen molar-refractivity contribution in [1.29, 1.82) is 0 Å². The third-order valence-corrected chi connectivity index (χ3v) is 6.16. The fraction of sp³-hybridized carbons (Fsp3) is 0.542. The maximum absolute atomic E-state index is 6.03. The summed E-state index contributed by atoms with van der Waals surface area (Å²) in [5.41, 5.74) is 3.87. The first-order valence-corrected chi connectivity index (χ1v) is 10.4. The number of hydrogen-bond acceptors (Lipinski definition) is 2. The lowest BCUT2D eigenvalue weighted by Crippen LogP contribution is -2.19. The van der Waals surface area contributed by atoms with E-state index < -0.39 is 0 Å². The van der Waals surface area contributed by atoms with Crippen LogP contribution in [-0.2, 0) is 0 Å². The second-order valence-corrected chi connectivity index (χ2v) is 7.79. The average Bonchev–Trinajstić information content (AvgIpc) is 2.72. The van der Waals surface area contributed by atoms with Crippen molar-refractivity contribution >= 4 is 0 Å². The Kier molecular flexibility index (Phi) is 6.71. The standard InChI is InChI=1S/C24H33NO/c1-4-16-26-24-9-7-6-8-22(24)21-14-15-25-17-23(21)18(3)20-12-10-19(5-2)11-13-20/h6-9,14-15,17-20H,4-5,10-13,16H2,1-3H3. The van der Waals surface area contributed by atoms with E-state index in [9.17, 15) is 0 Å². The van der Waals surface area contributed by atoms with Crippen LogP contribution in [-0.4, -0.2) is 11.6 Å². The minimum atomic E-state index is 0.538. The van der Waals surface area contributed by atoms with Crippen molar-refractivity contribution in [3.05, 3.63) is 48.3 Å². The highest BCUT2D eigenvalue weighted by Gasteiger charge is 2.27. The Morgan fingerprint density at radius 1 is 1.04 bits per heavy atom. The number of rotatable bonds is 7. The molecular formula is C24H33NO. The zero-order valence-corrected chi connectivity index (χ0v) is 16.6.